The van der Waals surface area contributed by atoms with Crippen molar-refractivity contribution in [2.45, 2.75) is 13.0 Å². The van der Waals surface area contributed by atoms with Crippen LogP contribution in [0.1, 0.15) is 6.92 Å². The van der Waals surface area contributed by atoms with Crippen LogP contribution in [-0.4, -0.2) is 66.6 Å². The van der Waals surface area contributed by atoms with Crippen LogP contribution in [0.25, 0.3) is 0 Å². The van der Waals surface area contributed by atoms with Gasteiger partial charge in [-0.3, -0.25) is 4.79 Å². The van der Waals surface area contributed by atoms with E-state index in [1.54, 1.807) is 6.92 Å². The Morgan fingerprint density at radius 3 is 2.44 bits per heavy atom. The van der Waals surface area contributed by atoms with Gasteiger partial charge in [0.1, 0.15) is 0 Å². The first-order valence-corrected chi connectivity index (χ1v) is 5.40. The molecule has 0 saturated carbocycles. The lowest BCUT2D eigenvalue weighted by Crippen LogP contribution is -2.52. The van der Waals surface area contributed by atoms with Gasteiger partial charge in [0.15, 0.2) is 0 Å². The largest absolute Gasteiger partial charge is 0.395 e. The first-order chi connectivity index (χ1) is 7.56. The maximum atomic E-state index is 12.2. The number of amides is 1. The third kappa shape index (κ3) is 2.52. The van der Waals surface area contributed by atoms with Crippen molar-refractivity contribution in [3.63, 3.8) is 0 Å². The Labute approximate surface area is 95.0 Å². The number of rotatable bonds is 5. The lowest BCUT2D eigenvalue weighted by molar-refractivity contribution is -0.142. The van der Waals surface area contributed by atoms with E-state index in [9.17, 15) is 4.79 Å². The van der Waals surface area contributed by atoms with Crippen LogP contribution in [0.4, 0.5) is 0 Å². The van der Waals surface area contributed by atoms with Crippen LogP contribution in [0.2, 0.25) is 0 Å². The molecule has 1 rings (SSSR count). The molecule has 16 heavy (non-hydrogen) atoms. The zero-order valence-corrected chi connectivity index (χ0v) is 9.56. The Balaban J connectivity index is 2.72. The third-order valence-electron chi connectivity index (χ3n) is 3.03. The minimum absolute atomic E-state index is 0.127. The maximum absolute atomic E-state index is 12.2. The zero-order valence-electron chi connectivity index (χ0n) is 9.56. The Kier molecular flexibility index (Phi) is 4.67. The summed E-state index contributed by atoms with van der Waals surface area (Å²) >= 11 is 0. The zero-order chi connectivity index (χ0) is 12.2. The molecular weight excluding hydrogens is 212 g/mol. The van der Waals surface area contributed by atoms with Crippen molar-refractivity contribution in [3.05, 3.63) is 0 Å². The van der Waals surface area contributed by atoms with Crippen LogP contribution >= 0.6 is 0 Å². The van der Waals surface area contributed by atoms with Crippen LogP contribution in [0.3, 0.4) is 0 Å². The quantitative estimate of drug-likeness (QED) is 0.518. The summed E-state index contributed by atoms with van der Waals surface area (Å²) in [6.45, 7) is 2.59. The number of carbonyl (C=O) groups excluding carboxylic acids is 1. The smallest absolute Gasteiger partial charge is 0.232 e. The molecule has 0 spiro atoms. The average Bonchev–Trinajstić information content (AvgIpc) is 2.59. The number of nitrogens with zero attached hydrogens (tertiary/aromatic N) is 1. The minimum Gasteiger partial charge on any atom is -0.395 e. The lowest BCUT2D eigenvalue weighted by atomic mass is 9.84. The molecule has 0 aromatic heterocycles. The maximum Gasteiger partial charge on any atom is 0.232 e. The third-order valence-corrected chi connectivity index (χ3v) is 3.03. The van der Waals surface area contributed by atoms with Crippen LogP contribution in [0, 0.1) is 5.41 Å². The molecule has 2 atom stereocenters. The summed E-state index contributed by atoms with van der Waals surface area (Å²) in [6, 6.07) is -0.333. The average molecular weight is 232 g/mol. The molecule has 1 amide bonds. The fourth-order valence-corrected chi connectivity index (χ4v) is 1.83. The first-order valence-electron chi connectivity index (χ1n) is 5.40. The molecule has 1 aliphatic heterocycles. The van der Waals surface area contributed by atoms with E-state index in [2.05, 4.69) is 0 Å². The van der Waals surface area contributed by atoms with Crippen molar-refractivity contribution in [1.29, 1.82) is 0 Å². The van der Waals surface area contributed by atoms with Crippen LogP contribution in [0.5, 0.6) is 0 Å². The van der Waals surface area contributed by atoms with Crippen molar-refractivity contribution >= 4 is 5.91 Å². The summed E-state index contributed by atoms with van der Waals surface area (Å²) in [5.74, 6) is -0.166. The first kappa shape index (κ1) is 13.4. The fraction of sp³-hybridized carbons (Fsp3) is 0.900. The Hall–Kier alpha value is -0.690. The molecule has 1 saturated heterocycles. The van der Waals surface area contributed by atoms with Gasteiger partial charge in [-0.05, 0) is 6.92 Å². The molecule has 0 aliphatic carbocycles. The Morgan fingerprint density at radius 2 is 2.06 bits per heavy atom. The number of nitrogens with two attached hydrogens (primary N) is 1. The van der Waals surface area contributed by atoms with E-state index < -0.39 is 5.41 Å². The summed E-state index contributed by atoms with van der Waals surface area (Å²) in [6.07, 6.45) is 0. The summed E-state index contributed by atoms with van der Waals surface area (Å²) in [7, 11) is 0. The normalized spacial score (nSPS) is 29.4. The molecule has 0 radical (unpaired) electrons. The predicted octanol–water partition coefficient (Wildman–Crippen LogP) is -1.84. The van der Waals surface area contributed by atoms with Gasteiger partial charge in [0.2, 0.25) is 5.91 Å². The van der Waals surface area contributed by atoms with Crippen molar-refractivity contribution in [3.8, 4) is 0 Å². The number of aliphatic hydroxyl groups excluding tert-OH is 2. The molecule has 6 nitrogen and oxygen atoms in total. The summed E-state index contributed by atoms with van der Waals surface area (Å²) in [5.41, 5.74) is 5.10. The predicted molar refractivity (Wildman–Crippen MR) is 57.7 cm³/mol. The van der Waals surface area contributed by atoms with Crippen LogP contribution < -0.4 is 5.73 Å². The van der Waals surface area contributed by atoms with Gasteiger partial charge >= 0.3 is 0 Å². The van der Waals surface area contributed by atoms with E-state index in [1.165, 1.54) is 4.90 Å². The molecule has 4 N–H and O–H groups in total. The number of aliphatic hydroxyl groups is 2. The topological polar surface area (TPSA) is 96.0 Å². The van der Waals surface area contributed by atoms with E-state index >= 15 is 0 Å². The summed E-state index contributed by atoms with van der Waals surface area (Å²) in [4.78, 5) is 13.6. The van der Waals surface area contributed by atoms with Gasteiger partial charge in [-0.25, -0.2) is 0 Å². The highest BCUT2D eigenvalue weighted by atomic mass is 16.5. The summed E-state index contributed by atoms with van der Waals surface area (Å²) in [5, 5.41) is 17.7. The van der Waals surface area contributed by atoms with Gasteiger partial charge in [0, 0.05) is 19.1 Å². The molecule has 0 aromatic carbocycles. The number of hydrogen-bond acceptors (Lipinski definition) is 5. The van der Waals surface area contributed by atoms with E-state index in [0.717, 1.165) is 0 Å². The standard InChI is InChI=1S/C10H20N2O4/c1-10(7-16-6-8(10)11)9(15)12(2-4-13)3-5-14/h8,13-14H,2-7,11H2,1H3. The highest BCUT2D eigenvalue weighted by molar-refractivity contribution is 5.83. The molecule has 0 aromatic rings. The summed E-state index contributed by atoms with van der Waals surface area (Å²) < 4.78 is 5.20. The highest BCUT2D eigenvalue weighted by Gasteiger charge is 2.46. The Bertz CT molecular complexity index is 243. The molecule has 1 aliphatic rings. The Morgan fingerprint density at radius 1 is 1.50 bits per heavy atom. The monoisotopic (exact) mass is 232 g/mol. The van der Waals surface area contributed by atoms with Gasteiger partial charge in [-0.15, -0.1) is 0 Å². The van der Waals surface area contributed by atoms with Gasteiger partial charge in [-0.1, -0.05) is 0 Å². The van der Waals surface area contributed by atoms with Crippen LogP contribution in [-0.2, 0) is 9.53 Å². The van der Waals surface area contributed by atoms with E-state index in [1.807, 2.05) is 0 Å². The van der Waals surface area contributed by atoms with Crippen molar-refractivity contribution in [2.24, 2.45) is 11.1 Å². The van der Waals surface area contributed by atoms with Crippen molar-refractivity contribution < 1.29 is 19.7 Å². The molecule has 1 fully saturated rings. The van der Waals surface area contributed by atoms with E-state index in [4.69, 9.17) is 20.7 Å². The van der Waals surface area contributed by atoms with Gasteiger partial charge < -0.3 is 25.6 Å². The van der Waals surface area contributed by atoms with E-state index in [0.29, 0.717) is 13.2 Å². The second-order valence-electron chi connectivity index (χ2n) is 4.28. The van der Waals surface area contributed by atoms with Crippen molar-refractivity contribution in [1.82, 2.24) is 4.90 Å². The lowest BCUT2D eigenvalue weighted by Gasteiger charge is -2.32. The minimum atomic E-state index is -0.746. The fourth-order valence-electron chi connectivity index (χ4n) is 1.83. The van der Waals surface area contributed by atoms with Crippen molar-refractivity contribution in [2.75, 3.05) is 39.5 Å². The molecule has 6 heteroatoms. The van der Waals surface area contributed by atoms with Gasteiger partial charge in [0.05, 0.1) is 31.8 Å². The second kappa shape index (κ2) is 5.58. The highest BCUT2D eigenvalue weighted by Crippen LogP contribution is 2.29. The van der Waals surface area contributed by atoms with Gasteiger partial charge in [-0.2, -0.15) is 0 Å². The molecular formula is C10H20N2O4. The molecule has 94 valence electrons. The molecule has 0 bridgehead atoms. The number of carbonyl (C=O) groups is 1. The number of hydrogen-bond donors (Lipinski definition) is 3. The van der Waals surface area contributed by atoms with E-state index in [-0.39, 0.29) is 38.3 Å². The van der Waals surface area contributed by atoms with Gasteiger partial charge in [0.25, 0.3) is 0 Å². The molecule has 2 unspecified atom stereocenters. The SMILES string of the molecule is CC1(C(=O)N(CCO)CCO)COCC1N. The number of ether oxygens (including phenoxy) is 1. The second-order valence-corrected chi connectivity index (χ2v) is 4.28. The van der Waals surface area contributed by atoms with Crippen LogP contribution in [0.15, 0.2) is 0 Å². The molecule has 1 heterocycles.